The molecule has 0 saturated heterocycles. The van der Waals surface area contributed by atoms with Crippen LogP contribution in [-0.2, 0) is 20.0 Å². The molecule has 0 aliphatic carbocycles. The van der Waals surface area contributed by atoms with Crippen LogP contribution in [0.25, 0.3) is 10.9 Å². The smallest absolute Gasteiger partial charge is 0.339 e. The Kier molecular flexibility index (Phi) is 25.3. The SMILES string of the molecule is CN(C)C=O.ClCc1cc2ccccc2nc1Cl.O=C(CCCl)Nc1ccccc1.O=P(Cl)(Cl)Cl.[B]B([B])B([B])[B]. The molecule has 0 spiro atoms. The lowest BCUT2D eigenvalue weighted by Crippen LogP contribution is -2.38. The van der Waals surface area contributed by atoms with Gasteiger partial charge in [-0.3, -0.25) is 14.2 Å². The first-order chi connectivity index (χ1) is 19.0. The third kappa shape index (κ3) is 26.5. The number of alkyl halides is 2. The summed E-state index contributed by atoms with van der Waals surface area (Å²) in [6.07, 6.45) is -0.0776. The number of aromatic nitrogens is 1. The number of carbonyl (C=O) groups excluding carboxylic acids is 2. The summed E-state index contributed by atoms with van der Waals surface area (Å²) in [4.78, 5) is 26.1. The van der Waals surface area contributed by atoms with Gasteiger partial charge in [-0.05, 0) is 58.0 Å². The number of hydrogen-bond acceptors (Lipinski definition) is 4. The van der Waals surface area contributed by atoms with Crippen LogP contribution in [0.3, 0.4) is 0 Å². The van der Waals surface area contributed by atoms with E-state index >= 15 is 0 Å². The highest BCUT2D eigenvalue weighted by atomic mass is 36.0. The van der Waals surface area contributed by atoms with Crippen LogP contribution in [0.4, 0.5) is 5.69 Å². The summed E-state index contributed by atoms with van der Waals surface area (Å²) < 4.78 is 9.51. The van der Waals surface area contributed by atoms with E-state index in [2.05, 4.69) is 44.0 Å². The second kappa shape index (κ2) is 24.6. The van der Waals surface area contributed by atoms with Crippen LogP contribution in [0.5, 0.6) is 0 Å². The first-order valence-electron chi connectivity index (χ1n) is 11.4. The number of benzene rings is 2. The van der Waals surface area contributed by atoms with Crippen molar-refractivity contribution >= 4 is 146 Å². The topological polar surface area (TPSA) is 79.4 Å². The fourth-order valence-corrected chi connectivity index (χ4v) is 2.72. The largest absolute Gasteiger partial charge is 0.351 e. The Labute approximate surface area is 277 Å². The summed E-state index contributed by atoms with van der Waals surface area (Å²) in [5.41, 5.74) is 2.59. The zero-order chi connectivity index (χ0) is 32.0. The van der Waals surface area contributed by atoms with Crippen LogP contribution < -0.4 is 5.32 Å². The van der Waals surface area contributed by atoms with E-state index in [9.17, 15) is 14.2 Å². The lowest BCUT2D eigenvalue weighted by atomic mass is 8.81. The number of anilines is 1. The molecule has 8 radical (unpaired) electrons. The van der Waals surface area contributed by atoms with Gasteiger partial charge in [0.15, 0.2) is 0 Å². The van der Waals surface area contributed by atoms with E-state index in [1.165, 1.54) is 4.90 Å². The molecular weight excluding hydrogens is 663 g/mol. The number of amides is 2. The fraction of sp³-hybridized carbons (Fsp3) is 0.227. The number of pyridine rings is 1. The average molecular weight is 687 g/mol. The Balaban J connectivity index is 0. The lowest BCUT2D eigenvalue weighted by Gasteiger charge is -2.01. The van der Waals surface area contributed by atoms with Crippen molar-refractivity contribution in [1.29, 1.82) is 0 Å². The average Bonchev–Trinajstić information content (AvgIpc) is 2.89. The summed E-state index contributed by atoms with van der Waals surface area (Å²) >= 11 is 30.9. The normalized spacial score (nSPS) is 9.46. The minimum Gasteiger partial charge on any atom is -0.351 e. The number of rotatable bonds is 6. The lowest BCUT2D eigenvalue weighted by molar-refractivity contribution is -0.116. The molecule has 0 atom stereocenters. The van der Waals surface area contributed by atoms with Gasteiger partial charge in [0.1, 0.15) is 5.15 Å². The Hall–Kier alpha value is -0.850. The number of para-hydroxylation sites is 2. The van der Waals surface area contributed by atoms with Gasteiger partial charge in [0, 0.05) is 86.8 Å². The zero-order valence-corrected chi connectivity index (χ0v) is 27.7. The molecule has 2 aromatic carbocycles. The molecule has 0 fully saturated rings. The summed E-state index contributed by atoms with van der Waals surface area (Å²) in [5.74, 6) is 0.714. The van der Waals surface area contributed by atoms with Crippen LogP contribution in [0.1, 0.15) is 12.0 Å². The molecule has 0 saturated carbocycles. The summed E-state index contributed by atoms with van der Waals surface area (Å²) in [6, 6.07) is 19.1. The number of carbonyl (C=O) groups is 2. The van der Waals surface area contributed by atoms with E-state index in [4.69, 9.17) is 65.8 Å². The van der Waals surface area contributed by atoms with Gasteiger partial charge in [0.05, 0.1) is 11.4 Å². The number of halogens is 6. The maximum Gasteiger partial charge on any atom is 0.339 e. The predicted molar refractivity (Wildman–Crippen MR) is 186 cm³/mol. The maximum absolute atomic E-state index is 11.0. The van der Waals surface area contributed by atoms with Gasteiger partial charge in [0.2, 0.25) is 12.3 Å². The number of fused-ring (bicyclic) bond motifs is 1. The molecule has 210 valence electrons. The third-order valence-electron chi connectivity index (χ3n) is 3.93. The second-order valence-electron chi connectivity index (χ2n) is 7.74. The van der Waals surface area contributed by atoms with Gasteiger partial charge in [-0.25, -0.2) is 4.98 Å². The van der Waals surface area contributed by atoms with E-state index in [1.807, 2.05) is 60.7 Å². The summed E-state index contributed by atoms with van der Waals surface area (Å²) in [6.45, 7) is 0. The molecule has 1 aromatic heterocycles. The van der Waals surface area contributed by atoms with Crippen molar-refractivity contribution in [2.45, 2.75) is 12.3 Å². The molecule has 0 unspecified atom stereocenters. The second-order valence-corrected chi connectivity index (χ2v) is 15.4. The molecule has 3 rings (SSSR count). The molecule has 0 bridgehead atoms. The Bertz CT molecular complexity index is 1190. The van der Waals surface area contributed by atoms with Crippen LogP contribution in [-0.4, -0.2) is 85.9 Å². The molecule has 3 aromatic rings. The van der Waals surface area contributed by atoms with E-state index in [-0.39, 0.29) is 5.91 Å². The monoisotopic (exact) mass is 685 g/mol. The van der Waals surface area contributed by atoms with Crippen molar-refractivity contribution < 1.29 is 14.2 Å². The van der Waals surface area contributed by atoms with E-state index in [0.29, 0.717) is 23.3 Å². The summed E-state index contributed by atoms with van der Waals surface area (Å²) in [7, 11) is 23.2. The Morgan fingerprint density at radius 1 is 0.976 bits per heavy atom. The highest BCUT2D eigenvalue weighted by Crippen LogP contribution is 2.61. The highest BCUT2D eigenvalue weighted by Gasteiger charge is 2.03. The van der Waals surface area contributed by atoms with E-state index < -0.39 is 18.0 Å². The molecule has 2 amide bonds. The summed E-state index contributed by atoms with van der Waals surface area (Å²) in [5, 5.41) is 1.06. The molecule has 0 aliphatic heterocycles. The molecule has 1 heterocycles. The highest BCUT2D eigenvalue weighted by molar-refractivity contribution is 8.24. The van der Waals surface area contributed by atoms with Crippen molar-refractivity contribution in [3.05, 3.63) is 71.4 Å². The van der Waals surface area contributed by atoms with Crippen LogP contribution in [0.2, 0.25) is 5.15 Å². The van der Waals surface area contributed by atoms with Gasteiger partial charge in [-0.2, -0.15) is 0 Å². The van der Waals surface area contributed by atoms with Crippen molar-refractivity contribution in [1.82, 2.24) is 9.88 Å². The molecule has 19 heteroatoms. The van der Waals surface area contributed by atoms with Crippen molar-refractivity contribution in [3.8, 4) is 0 Å². The maximum atomic E-state index is 11.0. The van der Waals surface area contributed by atoms with Gasteiger partial charge >= 0.3 is 5.20 Å². The molecule has 41 heavy (non-hydrogen) atoms. The Morgan fingerprint density at radius 2 is 1.44 bits per heavy atom. The molecular formula is C22H24B6Cl6N3O3P. The van der Waals surface area contributed by atoms with Crippen molar-refractivity contribution in [2.24, 2.45) is 0 Å². The van der Waals surface area contributed by atoms with Crippen LogP contribution in [0.15, 0.2) is 60.7 Å². The number of hydrogen-bond donors (Lipinski definition) is 1. The van der Waals surface area contributed by atoms with Crippen molar-refractivity contribution in [3.63, 3.8) is 0 Å². The van der Waals surface area contributed by atoms with Gasteiger partial charge in [0.25, 0.3) is 0 Å². The third-order valence-corrected chi connectivity index (χ3v) is 4.73. The van der Waals surface area contributed by atoms with Crippen molar-refractivity contribution in [2.75, 3.05) is 25.3 Å². The van der Waals surface area contributed by atoms with E-state index in [0.717, 1.165) is 28.6 Å². The van der Waals surface area contributed by atoms with Crippen LogP contribution in [0, 0.1) is 0 Å². The van der Waals surface area contributed by atoms with Gasteiger partial charge < -0.3 is 10.2 Å². The fourth-order valence-electron chi connectivity index (χ4n) is 2.06. The minimum absolute atomic E-state index is 0.0452. The van der Waals surface area contributed by atoms with Gasteiger partial charge in [-0.15, -0.1) is 23.2 Å². The number of nitrogens with one attached hydrogen (secondary N) is 1. The molecule has 1 N–H and O–H groups in total. The van der Waals surface area contributed by atoms with Crippen LogP contribution >= 0.6 is 73.7 Å². The number of nitrogens with zero attached hydrogens (tertiary/aromatic N) is 2. The Morgan fingerprint density at radius 3 is 1.85 bits per heavy atom. The standard InChI is InChI=1S/C10H7Cl2N.C9H10ClNO.C3H7NO.B6.Cl3OP/c11-6-8-5-7-3-1-2-4-9(7)13-10(8)12;10-7-6-9(12)11-8-4-2-1-3-5-8;1-4(2)3-5;1-5(2)6(3)4;1-5(2,3)4/h1-5H,6H2;1-5H,6-7H2,(H,11,12);3H,1-2H3;;. The van der Waals surface area contributed by atoms with Gasteiger partial charge in [-0.1, -0.05) is 48.0 Å². The minimum atomic E-state index is -3.22. The quantitative estimate of drug-likeness (QED) is 0.112. The molecule has 0 aliphatic rings. The first-order valence-corrected chi connectivity index (χ1v) is 17.3. The first kappa shape index (κ1) is 42.3. The molecule has 6 nitrogen and oxygen atoms in total. The van der Waals surface area contributed by atoms with E-state index in [1.54, 1.807) is 14.1 Å². The zero-order valence-electron chi connectivity index (χ0n) is 22.3. The predicted octanol–water partition coefficient (Wildman–Crippen LogP) is 6.11.